The zero-order valence-corrected chi connectivity index (χ0v) is 6.03. The maximum absolute atomic E-state index is 11.4. The van der Waals surface area contributed by atoms with E-state index in [1.807, 2.05) is 0 Å². The largest absolute Gasteiger partial charge is 0.616 e. The van der Waals surface area contributed by atoms with Gasteiger partial charge in [0.15, 0.2) is 5.75 Å². The lowest BCUT2D eigenvalue weighted by molar-refractivity contribution is 0.145. The highest BCUT2D eigenvalue weighted by Crippen LogP contribution is 2.02. The molecule has 0 aliphatic carbocycles. The van der Waals surface area contributed by atoms with Crippen LogP contribution in [0.15, 0.2) is 0 Å². The lowest BCUT2D eigenvalue weighted by atomic mass is 10.5. The monoisotopic (exact) mass is 167 g/mol. The number of halogens is 2. The third-order valence-corrected chi connectivity index (χ3v) is 1.93. The van der Waals surface area contributed by atoms with Crippen molar-refractivity contribution in [2.75, 3.05) is 11.5 Å². The van der Waals surface area contributed by atoms with Gasteiger partial charge in [0.2, 0.25) is 6.43 Å². The molecule has 0 amide bonds. The van der Waals surface area contributed by atoms with Crippen molar-refractivity contribution in [1.29, 1.82) is 5.26 Å². The molecule has 0 aliphatic heterocycles. The second kappa shape index (κ2) is 5.45. The van der Waals surface area contributed by atoms with Gasteiger partial charge in [0.05, 0.1) is 6.42 Å². The van der Waals surface area contributed by atoms with Gasteiger partial charge < -0.3 is 4.55 Å². The molecule has 0 saturated heterocycles. The Morgan fingerprint density at radius 1 is 1.60 bits per heavy atom. The van der Waals surface area contributed by atoms with Gasteiger partial charge in [-0.3, -0.25) is 0 Å². The van der Waals surface area contributed by atoms with Crippen LogP contribution in [0, 0.1) is 11.3 Å². The third-order valence-electron chi connectivity index (χ3n) is 0.789. The molecule has 0 N–H and O–H groups in total. The summed E-state index contributed by atoms with van der Waals surface area (Å²) in [5.41, 5.74) is 0. The minimum atomic E-state index is -2.41. The highest BCUT2D eigenvalue weighted by Gasteiger charge is 2.09. The SMILES string of the molecule is N#CC[S+]([O-])CCC(F)F. The number of rotatable bonds is 4. The number of nitriles is 1. The van der Waals surface area contributed by atoms with Gasteiger partial charge in [-0.15, -0.1) is 0 Å². The van der Waals surface area contributed by atoms with Gasteiger partial charge in [-0.25, -0.2) is 8.78 Å². The van der Waals surface area contributed by atoms with Gasteiger partial charge >= 0.3 is 0 Å². The second-order valence-electron chi connectivity index (χ2n) is 1.63. The van der Waals surface area contributed by atoms with Crippen LogP contribution in [-0.2, 0) is 11.2 Å². The fourth-order valence-corrected chi connectivity index (χ4v) is 1.09. The van der Waals surface area contributed by atoms with E-state index >= 15 is 0 Å². The van der Waals surface area contributed by atoms with Crippen molar-refractivity contribution >= 4 is 11.2 Å². The highest BCUT2D eigenvalue weighted by molar-refractivity contribution is 7.91. The predicted octanol–water partition coefficient (Wildman–Crippen LogP) is 0.914. The molecular formula is C5H7F2NOS. The average Bonchev–Trinajstić information content (AvgIpc) is 1.85. The smallest absolute Gasteiger partial charge is 0.243 e. The van der Waals surface area contributed by atoms with Crippen LogP contribution >= 0.6 is 0 Å². The van der Waals surface area contributed by atoms with Crippen LogP contribution in [0.1, 0.15) is 6.42 Å². The van der Waals surface area contributed by atoms with Gasteiger partial charge in [0.25, 0.3) is 0 Å². The van der Waals surface area contributed by atoms with Gasteiger partial charge in [-0.1, -0.05) is 0 Å². The van der Waals surface area contributed by atoms with Crippen molar-refractivity contribution in [1.82, 2.24) is 0 Å². The van der Waals surface area contributed by atoms with Crippen LogP contribution in [0.5, 0.6) is 0 Å². The third kappa shape index (κ3) is 5.79. The minimum Gasteiger partial charge on any atom is -0.616 e. The molecule has 0 aromatic heterocycles. The first kappa shape index (κ1) is 9.66. The number of hydrogen-bond acceptors (Lipinski definition) is 2. The van der Waals surface area contributed by atoms with E-state index < -0.39 is 17.6 Å². The van der Waals surface area contributed by atoms with E-state index in [9.17, 15) is 13.3 Å². The Bertz CT molecular complexity index is 125. The van der Waals surface area contributed by atoms with E-state index in [-0.39, 0.29) is 17.9 Å². The van der Waals surface area contributed by atoms with Crippen molar-refractivity contribution in [3.8, 4) is 6.07 Å². The van der Waals surface area contributed by atoms with Crippen LogP contribution < -0.4 is 0 Å². The predicted molar refractivity (Wildman–Crippen MR) is 34.1 cm³/mol. The molecule has 5 heteroatoms. The summed E-state index contributed by atoms with van der Waals surface area (Å²) in [4.78, 5) is 0. The van der Waals surface area contributed by atoms with Gasteiger partial charge in [0, 0.05) is 0 Å². The molecule has 0 bridgehead atoms. The Balaban J connectivity index is 3.23. The van der Waals surface area contributed by atoms with E-state index in [0.29, 0.717) is 0 Å². The van der Waals surface area contributed by atoms with Gasteiger partial charge in [-0.2, -0.15) is 5.26 Å². The van der Waals surface area contributed by atoms with Crippen LogP contribution in [-0.4, -0.2) is 22.5 Å². The fraction of sp³-hybridized carbons (Fsp3) is 0.800. The first-order chi connectivity index (χ1) is 4.66. The summed E-state index contributed by atoms with van der Waals surface area (Å²) in [5.74, 6) is -0.224. The summed E-state index contributed by atoms with van der Waals surface area (Å²) < 4.78 is 33.3. The molecule has 0 saturated carbocycles. The van der Waals surface area contributed by atoms with Crippen LogP contribution in [0.2, 0.25) is 0 Å². The zero-order valence-electron chi connectivity index (χ0n) is 5.22. The fourth-order valence-electron chi connectivity index (χ4n) is 0.365. The standard InChI is InChI=1S/C5H7F2NOS/c6-5(7)1-3-10(9)4-2-8/h5H,1,3-4H2. The van der Waals surface area contributed by atoms with E-state index in [2.05, 4.69) is 0 Å². The Morgan fingerprint density at radius 3 is 2.60 bits per heavy atom. The van der Waals surface area contributed by atoms with Crippen molar-refractivity contribution in [2.45, 2.75) is 12.8 Å². The highest BCUT2D eigenvalue weighted by atomic mass is 32.2. The molecule has 0 aromatic carbocycles. The Morgan fingerprint density at radius 2 is 2.20 bits per heavy atom. The first-order valence-electron chi connectivity index (χ1n) is 2.67. The first-order valence-corrected chi connectivity index (χ1v) is 4.15. The van der Waals surface area contributed by atoms with Gasteiger partial charge in [0.1, 0.15) is 11.8 Å². The summed E-state index contributed by atoms with van der Waals surface area (Å²) in [7, 11) is 0. The topological polar surface area (TPSA) is 46.8 Å². The quantitative estimate of drug-likeness (QED) is 0.584. The Hall–Kier alpha value is -0.340. The molecule has 0 radical (unpaired) electrons. The van der Waals surface area contributed by atoms with Crippen molar-refractivity contribution in [3.05, 3.63) is 0 Å². The summed E-state index contributed by atoms with van der Waals surface area (Å²) in [6.07, 6.45) is -2.79. The molecule has 58 valence electrons. The molecule has 0 spiro atoms. The summed E-state index contributed by atoms with van der Waals surface area (Å²) in [6.45, 7) is 0. The molecule has 1 atom stereocenters. The molecule has 0 aromatic rings. The average molecular weight is 167 g/mol. The molecule has 0 heterocycles. The zero-order chi connectivity index (χ0) is 7.98. The van der Waals surface area contributed by atoms with Crippen molar-refractivity contribution in [2.24, 2.45) is 0 Å². The molecule has 0 aliphatic rings. The number of hydrogen-bond donors (Lipinski definition) is 0. The lowest BCUT2D eigenvalue weighted by Gasteiger charge is -2.05. The Labute approximate surface area is 61.0 Å². The molecule has 0 fully saturated rings. The lowest BCUT2D eigenvalue weighted by Crippen LogP contribution is -2.12. The van der Waals surface area contributed by atoms with E-state index in [4.69, 9.17) is 5.26 Å². The van der Waals surface area contributed by atoms with Crippen LogP contribution in [0.4, 0.5) is 8.78 Å². The van der Waals surface area contributed by atoms with Crippen molar-refractivity contribution < 1.29 is 13.3 Å². The molecule has 10 heavy (non-hydrogen) atoms. The maximum atomic E-state index is 11.4. The van der Waals surface area contributed by atoms with Crippen LogP contribution in [0.25, 0.3) is 0 Å². The number of alkyl halides is 2. The Kier molecular flexibility index (Phi) is 5.26. The van der Waals surface area contributed by atoms with E-state index in [0.717, 1.165) is 0 Å². The molecular weight excluding hydrogens is 160 g/mol. The maximum Gasteiger partial charge on any atom is 0.243 e. The summed E-state index contributed by atoms with van der Waals surface area (Å²) >= 11 is -1.38. The second-order valence-corrected chi connectivity index (χ2v) is 3.20. The van der Waals surface area contributed by atoms with Crippen molar-refractivity contribution in [3.63, 3.8) is 0 Å². The van der Waals surface area contributed by atoms with Crippen LogP contribution in [0.3, 0.4) is 0 Å². The van der Waals surface area contributed by atoms with E-state index in [1.165, 1.54) is 0 Å². The van der Waals surface area contributed by atoms with E-state index in [1.54, 1.807) is 6.07 Å². The molecule has 1 unspecified atom stereocenters. The number of nitrogens with zero attached hydrogens (tertiary/aromatic N) is 1. The summed E-state index contributed by atoms with van der Waals surface area (Å²) in [5, 5.41) is 7.97. The molecule has 2 nitrogen and oxygen atoms in total. The van der Waals surface area contributed by atoms with Gasteiger partial charge in [-0.05, 0) is 11.2 Å². The minimum absolute atomic E-state index is 0.0781. The summed E-state index contributed by atoms with van der Waals surface area (Å²) in [6, 6.07) is 1.65. The molecule has 0 rings (SSSR count). The normalized spacial score (nSPS) is 13.1.